The smallest absolute Gasteiger partial charge is 0.237 e. The number of thiocarbonyl (C=S) groups is 1. The second-order valence-electron chi connectivity index (χ2n) is 5.38. The maximum absolute atomic E-state index is 12.5. The van der Waals surface area contributed by atoms with E-state index in [-0.39, 0.29) is 10.9 Å². The van der Waals surface area contributed by atoms with E-state index in [1.807, 2.05) is 38.1 Å². The Morgan fingerprint density at radius 1 is 1.25 bits per heavy atom. The van der Waals surface area contributed by atoms with Crippen LogP contribution in [0, 0.1) is 5.41 Å². The van der Waals surface area contributed by atoms with E-state index in [9.17, 15) is 4.79 Å². The molecule has 1 aromatic rings. The number of amides is 1. The van der Waals surface area contributed by atoms with Crippen LogP contribution in [0.4, 0.5) is 5.69 Å². The molecule has 0 spiro atoms. The zero-order valence-electron chi connectivity index (χ0n) is 12.7. The Labute approximate surface area is 126 Å². The number of carbonyl (C=O) groups excluding carboxylic acids is 1. The highest BCUT2D eigenvalue weighted by Crippen LogP contribution is 2.29. The van der Waals surface area contributed by atoms with Gasteiger partial charge in [-0.2, -0.15) is 0 Å². The first-order chi connectivity index (χ1) is 9.37. The van der Waals surface area contributed by atoms with E-state index in [0.29, 0.717) is 18.8 Å². The second-order valence-corrected chi connectivity index (χ2v) is 5.82. The van der Waals surface area contributed by atoms with Crippen molar-refractivity contribution in [2.45, 2.75) is 46.5 Å². The van der Waals surface area contributed by atoms with Gasteiger partial charge >= 0.3 is 0 Å². The first-order valence-electron chi connectivity index (χ1n) is 7.08. The fraction of sp³-hybridized carbons (Fsp3) is 0.500. The van der Waals surface area contributed by atoms with Gasteiger partial charge in [-0.1, -0.05) is 52.0 Å². The molecule has 0 aromatic heterocycles. The lowest BCUT2D eigenvalue weighted by Crippen LogP contribution is -2.45. The van der Waals surface area contributed by atoms with Crippen molar-refractivity contribution in [3.05, 3.63) is 29.8 Å². The molecule has 20 heavy (non-hydrogen) atoms. The van der Waals surface area contributed by atoms with E-state index < -0.39 is 5.41 Å². The third-order valence-electron chi connectivity index (χ3n) is 3.95. The van der Waals surface area contributed by atoms with Crippen molar-refractivity contribution in [2.75, 3.05) is 5.32 Å². The summed E-state index contributed by atoms with van der Waals surface area (Å²) < 4.78 is 0. The number of hydrogen-bond donors (Lipinski definition) is 2. The Bertz CT molecular complexity index is 476. The predicted octanol–water partition coefficient (Wildman–Crippen LogP) is 3.84. The molecule has 0 radical (unpaired) electrons. The molecule has 110 valence electrons. The molecule has 0 fully saturated rings. The average molecular weight is 292 g/mol. The van der Waals surface area contributed by atoms with Gasteiger partial charge in [0.2, 0.25) is 5.91 Å². The van der Waals surface area contributed by atoms with Crippen molar-refractivity contribution < 1.29 is 4.79 Å². The first-order valence-corrected chi connectivity index (χ1v) is 7.49. The zero-order chi connectivity index (χ0) is 15.3. The molecule has 0 unspecified atom stereocenters. The Morgan fingerprint density at radius 2 is 1.75 bits per heavy atom. The number of hydrogen-bond acceptors (Lipinski definition) is 2. The molecule has 1 rings (SSSR count). The minimum Gasteiger partial charge on any atom is -0.392 e. The van der Waals surface area contributed by atoms with Crippen LogP contribution in [-0.2, 0) is 4.79 Å². The van der Waals surface area contributed by atoms with Gasteiger partial charge in [0.05, 0.1) is 10.4 Å². The molecule has 0 aliphatic carbocycles. The highest BCUT2D eigenvalue weighted by Gasteiger charge is 2.38. The molecule has 0 bridgehead atoms. The Balaban J connectivity index is 2.91. The van der Waals surface area contributed by atoms with Crippen LogP contribution in [0.25, 0.3) is 0 Å². The van der Waals surface area contributed by atoms with Gasteiger partial charge in [-0.25, -0.2) is 0 Å². The molecular weight excluding hydrogens is 268 g/mol. The Hall–Kier alpha value is -1.42. The molecule has 0 saturated carbocycles. The summed E-state index contributed by atoms with van der Waals surface area (Å²) in [6.07, 6.45) is 1.21. The molecule has 0 atom stereocenters. The maximum atomic E-state index is 12.5. The van der Waals surface area contributed by atoms with Gasteiger partial charge < -0.3 is 11.1 Å². The van der Waals surface area contributed by atoms with E-state index >= 15 is 0 Å². The normalized spacial score (nSPS) is 11.4. The second kappa shape index (κ2) is 6.84. The summed E-state index contributed by atoms with van der Waals surface area (Å²) in [6, 6.07) is 7.90. The highest BCUT2D eigenvalue weighted by molar-refractivity contribution is 7.80. The first kappa shape index (κ1) is 16.6. The van der Waals surface area contributed by atoms with Crippen LogP contribution in [0.3, 0.4) is 0 Å². The molecule has 3 N–H and O–H groups in total. The van der Waals surface area contributed by atoms with Gasteiger partial charge in [0.25, 0.3) is 0 Å². The molecule has 1 amide bonds. The van der Waals surface area contributed by atoms with Crippen LogP contribution in [0.15, 0.2) is 24.3 Å². The molecule has 3 nitrogen and oxygen atoms in total. The number of benzene rings is 1. The number of carbonyl (C=O) groups is 1. The lowest BCUT2D eigenvalue weighted by molar-refractivity contribution is -0.122. The van der Waals surface area contributed by atoms with Crippen molar-refractivity contribution >= 4 is 28.8 Å². The van der Waals surface area contributed by atoms with E-state index in [2.05, 4.69) is 19.2 Å². The summed E-state index contributed by atoms with van der Waals surface area (Å²) in [7, 11) is 0. The minimum absolute atomic E-state index is 0.118. The monoisotopic (exact) mass is 292 g/mol. The predicted molar refractivity (Wildman–Crippen MR) is 89.0 cm³/mol. The maximum Gasteiger partial charge on any atom is 0.237 e. The van der Waals surface area contributed by atoms with E-state index in [1.54, 1.807) is 0 Å². The third-order valence-corrected chi connectivity index (χ3v) is 4.34. The van der Waals surface area contributed by atoms with Crippen LogP contribution in [0.5, 0.6) is 0 Å². The standard InChI is InChI=1S/C16H24N2OS/c1-5-16(6-2,14(17)20)15(19)18-13-9-7-12(8-10-13)11(3)4/h7-11H,5-6H2,1-4H3,(H2,17,20)(H,18,19). The van der Waals surface area contributed by atoms with Crippen LogP contribution in [0.2, 0.25) is 0 Å². The number of nitrogens with two attached hydrogens (primary N) is 1. The van der Waals surface area contributed by atoms with E-state index in [0.717, 1.165) is 5.69 Å². The topological polar surface area (TPSA) is 55.1 Å². The Kier molecular flexibility index (Phi) is 5.69. The minimum atomic E-state index is -0.758. The molecule has 0 aliphatic rings. The molecule has 0 saturated heterocycles. The van der Waals surface area contributed by atoms with Crippen molar-refractivity contribution in [1.29, 1.82) is 0 Å². The summed E-state index contributed by atoms with van der Waals surface area (Å²) in [5.74, 6) is 0.356. The molecule has 1 aromatic carbocycles. The SMILES string of the molecule is CCC(CC)(C(=O)Nc1ccc(C(C)C)cc1)C(N)=S. The highest BCUT2D eigenvalue weighted by atomic mass is 32.1. The third kappa shape index (κ3) is 3.37. The largest absolute Gasteiger partial charge is 0.392 e. The van der Waals surface area contributed by atoms with Gasteiger partial charge in [0.15, 0.2) is 0 Å². The number of rotatable bonds is 6. The van der Waals surface area contributed by atoms with Gasteiger partial charge in [-0.15, -0.1) is 0 Å². The van der Waals surface area contributed by atoms with Crippen LogP contribution >= 0.6 is 12.2 Å². The van der Waals surface area contributed by atoms with Crippen molar-refractivity contribution in [1.82, 2.24) is 0 Å². The van der Waals surface area contributed by atoms with Crippen molar-refractivity contribution in [3.8, 4) is 0 Å². The molecule has 4 heteroatoms. The number of nitrogens with one attached hydrogen (secondary N) is 1. The van der Waals surface area contributed by atoms with Crippen LogP contribution in [0.1, 0.15) is 52.0 Å². The molecular formula is C16H24N2OS. The summed E-state index contributed by atoms with van der Waals surface area (Å²) >= 11 is 5.09. The van der Waals surface area contributed by atoms with Crippen LogP contribution in [-0.4, -0.2) is 10.9 Å². The lowest BCUT2D eigenvalue weighted by atomic mass is 9.81. The fourth-order valence-electron chi connectivity index (χ4n) is 2.23. The average Bonchev–Trinajstić information content (AvgIpc) is 2.41. The van der Waals surface area contributed by atoms with Gasteiger partial charge in [-0.3, -0.25) is 4.79 Å². The molecule has 0 heterocycles. The van der Waals surface area contributed by atoms with Crippen LogP contribution < -0.4 is 11.1 Å². The fourth-order valence-corrected chi connectivity index (χ4v) is 2.61. The van der Waals surface area contributed by atoms with E-state index in [4.69, 9.17) is 18.0 Å². The van der Waals surface area contributed by atoms with Crippen molar-refractivity contribution in [3.63, 3.8) is 0 Å². The summed E-state index contributed by atoms with van der Waals surface area (Å²) in [4.78, 5) is 12.7. The van der Waals surface area contributed by atoms with Gasteiger partial charge in [0, 0.05) is 5.69 Å². The molecule has 0 aliphatic heterocycles. The van der Waals surface area contributed by atoms with Gasteiger partial charge in [-0.05, 0) is 36.5 Å². The van der Waals surface area contributed by atoms with Crippen molar-refractivity contribution in [2.24, 2.45) is 11.1 Å². The summed E-state index contributed by atoms with van der Waals surface area (Å²) in [6.45, 7) is 8.15. The quantitative estimate of drug-likeness (QED) is 0.783. The number of anilines is 1. The summed E-state index contributed by atoms with van der Waals surface area (Å²) in [5, 5.41) is 2.93. The van der Waals surface area contributed by atoms with Gasteiger partial charge in [0.1, 0.15) is 0 Å². The van der Waals surface area contributed by atoms with E-state index in [1.165, 1.54) is 5.56 Å². The zero-order valence-corrected chi connectivity index (χ0v) is 13.5. The summed E-state index contributed by atoms with van der Waals surface area (Å²) in [5.41, 5.74) is 7.05. The lowest BCUT2D eigenvalue weighted by Gasteiger charge is -2.29. The Morgan fingerprint density at radius 3 is 2.10 bits per heavy atom.